The predicted molar refractivity (Wildman–Crippen MR) is 281 cm³/mol. The van der Waals surface area contributed by atoms with E-state index in [0.29, 0.717) is 17.5 Å². The highest BCUT2D eigenvalue weighted by molar-refractivity contribution is 6.14. The van der Waals surface area contributed by atoms with Crippen LogP contribution in [0.5, 0.6) is 0 Å². The molecule has 0 atom stereocenters. The molecule has 12 aromatic rings. The van der Waals surface area contributed by atoms with Gasteiger partial charge in [0.2, 0.25) is 0 Å². The third-order valence-electron chi connectivity index (χ3n) is 12.6. The summed E-state index contributed by atoms with van der Waals surface area (Å²) in [7, 11) is 0. The zero-order valence-corrected chi connectivity index (χ0v) is 37.1. The molecule has 0 amide bonds. The number of fused-ring (bicyclic) bond motifs is 3. The van der Waals surface area contributed by atoms with E-state index in [1.807, 2.05) is 60.7 Å². The van der Waals surface area contributed by atoms with Crippen LogP contribution in [-0.2, 0) is 0 Å². The molecular weight excluding hydrogens is 827 g/mol. The highest BCUT2D eigenvalue weighted by Gasteiger charge is 2.23. The Morgan fingerprint density at radius 3 is 1.32 bits per heavy atom. The zero-order chi connectivity index (χ0) is 45.2. The number of hydrogen-bond acceptors (Lipinski definition) is 4. The maximum atomic E-state index is 5.12. The standard InChI is InChI=1S/C63H43N5/c1-6-21-44(22-7-1)48-29-18-30-49(39-48)52-40-51(45-23-8-2-9-24-45)42-55(43-52)68-58-37-17-16-35-56(58)57-36-20-38-59(60(57)68)67(53-32-14-5-15-33-53)54-34-19-31-50(41-54)63-65-61(46-25-10-3-11-26-46)64-62(66-63)47-27-12-4-13-28-47/h1-43H. The van der Waals surface area contributed by atoms with Gasteiger partial charge in [0.05, 0.1) is 16.7 Å². The molecule has 0 bridgehead atoms. The van der Waals surface area contributed by atoms with Crippen molar-refractivity contribution in [1.29, 1.82) is 0 Å². The van der Waals surface area contributed by atoms with Gasteiger partial charge in [-0.25, -0.2) is 15.0 Å². The molecule has 0 radical (unpaired) electrons. The SMILES string of the molecule is c1ccc(-c2cccc(-c3cc(-c4ccccc4)cc(-n4c5ccccc5c5cccc(N(c6ccccc6)c6cccc(-c7nc(-c8ccccc8)nc(-c8ccccc8)n7)c6)c54)c3)c2)cc1. The largest absolute Gasteiger partial charge is 0.308 e. The molecule has 5 heteroatoms. The first-order valence-corrected chi connectivity index (χ1v) is 22.9. The van der Waals surface area contributed by atoms with Crippen LogP contribution in [0.4, 0.5) is 17.1 Å². The molecule has 320 valence electrons. The van der Waals surface area contributed by atoms with Crippen molar-refractivity contribution in [3.8, 4) is 73.2 Å². The van der Waals surface area contributed by atoms with Crippen molar-refractivity contribution >= 4 is 38.9 Å². The monoisotopic (exact) mass is 869 g/mol. The van der Waals surface area contributed by atoms with Crippen molar-refractivity contribution < 1.29 is 0 Å². The summed E-state index contributed by atoms with van der Waals surface area (Å²) in [6, 6.07) is 92.1. The van der Waals surface area contributed by atoms with Crippen molar-refractivity contribution in [3.05, 3.63) is 261 Å². The highest BCUT2D eigenvalue weighted by Crippen LogP contribution is 2.45. The van der Waals surface area contributed by atoms with Gasteiger partial charge in [0.25, 0.3) is 0 Å². The fraction of sp³-hybridized carbons (Fsp3) is 0. The summed E-state index contributed by atoms with van der Waals surface area (Å²) < 4.78 is 2.46. The van der Waals surface area contributed by atoms with Crippen LogP contribution in [0.1, 0.15) is 0 Å². The summed E-state index contributed by atoms with van der Waals surface area (Å²) in [5.74, 6) is 1.84. The van der Waals surface area contributed by atoms with E-state index in [-0.39, 0.29) is 0 Å². The predicted octanol–water partition coefficient (Wildman–Crippen LogP) is 16.4. The molecule has 0 fully saturated rings. The third-order valence-corrected chi connectivity index (χ3v) is 12.6. The topological polar surface area (TPSA) is 46.8 Å². The fourth-order valence-electron chi connectivity index (χ4n) is 9.39. The molecular formula is C63H43N5. The Balaban J connectivity index is 1.08. The molecule has 0 aliphatic heterocycles. The molecule has 0 saturated carbocycles. The lowest BCUT2D eigenvalue weighted by molar-refractivity contribution is 1.07. The minimum atomic E-state index is 0.599. The van der Waals surface area contributed by atoms with Gasteiger partial charge in [-0.1, -0.05) is 200 Å². The molecule has 10 aromatic carbocycles. The second-order valence-corrected chi connectivity index (χ2v) is 16.9. The molecule has 12 rings (SSSR count). The molecule has 0 spiro atoms. The van der Waals surface area contributed by atoms with Crippen molar-refractivity contribution in [1.82, 2.24) is 19.5 Å². The molecule has 0 N–H and O–H groups in total. The smallest absolute Gasteiger partial charge is 0.164 e. The Labute approximate surface area is 395 Å². The van der Waals surface area contributed by atoms with E-state index in [0.717, 1.165) is 78.1 Å². The number of anilines is 3. The summed E-state index contributed by atoms with van der Waals surface area (Å²) in [4.78, 5) is 17.6. The van der Waals surface area contributed by atoms with Crippen molar-refractivity contribution in [2.45, 2.75) is 0 Å². The van der Waals surface area contributed by atoms with Crippen LogP contribution in [0, 0.1) is 0 Å². The first-order valence-electron chi connectivity index (χ1n) is 22.9. The fourth-order valence-corrected chi connectivity index (χ4v) is 9.39. The number of hydrogen-bond donors (Lipinski definition) is 0. The maximum Gasteiger partial charge on any atom is 0.164 e. The second kappa shape index (κ2) is 17.7. The van der Waals surface area contributed by atoms with Gasteiger partial charge in [-0.15, -0.1) is 0 Å². The summed E-state index contributed by atoms with van der Waals surface area (Å²) in [5.41, 5.74) is 16.0. The van der Waals surface area contributed by atoms with E-state index in [9.17, 15) is 0 Å². The minimum Gasteiger partial charge on any atom is -0.308 e. The Morgan fingerprint density at radius 2 is 0.691 bits per heavy atom. The van der Waals surface area contributed by atoms with Gasteiger partial charge in [-0.3, -0.25) is 0 Å². The average Bonchev–Trinajstić information content (AvgIpc) is 3.77. The van der Waals surface area contributed by atoms with Gasteiger partial charge in [0.15, 0.2) is 17.5 Å². The van der Waals surface area contributed by atoms with Gasteiger partial charge in [0.1, 0.15) is 0 Å². The highest BCUT2D eigenvalue weighted by atomic mass is 15.2. The normalized spacial score (nSPS) is 11.2. The van der Waals surface area contributed by atoms with E-state index in [1.54, 1.807) is 0 Å². The average molecular weight is 870 g/mol. The third kappa shape index (κ3) is 7.68. The molecule has 0 unspecified atom stereocenters. The van der Waals surface area contributed by atoms with Crippen LogP contribution >= 0.6 is 0 Å². The molecule has 5 nitrogen and oxygen atoms in total. The Hall–Kier alpha value is -9.19. The number of para-hydroxylation sites is 3. The molecule has 0 saturated heterocycles. The number of nitrogens with zero attached hydrogens (tertiary/aromatic N) is 5. The lowest BCUT2D eigenvalue weighted by Gasteiger charge is -2.27. The second-order valence-electron chi connectivity index (χ2n) is 16.9. The van der Waals surface area contributed by atoms with E-state index in [2.05, 4.69) is 210 Å². The summed E-state index contributed by atoms with van der Waals surface area (Å²) in [6.07, 6.45) is 0. The van der Waals surface area contributed by atoms with Gasteiger partial charge in [-0.2, -0.15) is 0 Å². The quantitative estimate of drug-likeness (QED) is 0.137. The molecule has 2 aromatic heterocycles. The van der Waals surface area contributed by atoms with Crippen LogP contribution in [0.25, 0.3) is 95.0 Å². The van der Waals surface area contributed by atoms with Crippen molar-refractivity contribution in [2.24, 2.45) is 0 Å². The van der Waals surface area contributed by atoms with Crippen LogP contribution in [0.2, 0.25) is 0 Å². The van der Waals surface area contributed by atoms with E-state index in [1.165, 1.54) is 16.5 Å². The maximum absolute atomic E-state index is 5.12. The Morgan fingerprint density at radius 1 is 0.279 bits per heavy atom. The first-order chi connectivity index (χ1) is 33.7. The summed E-state index contributed by atoms with van der Waals surface area (Å²) in [5, 5.41) is 2.33. The van der Waals surface area contributed by atoms with E-state index < -0.39 is 0 Å². The van der Waals surface area contributed by atoms with E-state index >= 15 is 0 Å². The number of rotatable bonds is 10. The first kappa shape index (κ1) is 40.3. The molecule has 0 aliphatic carbocycles. The Bertz CT molecular complexity index is 3660. The van der Waals surface area contributed by atoms with Crippen LogP contribution in [0.3, 0.4) is 0 Å². The lowest BCUT2D eigenvalue weighted by atomic mass is 9.95. The van der Waals surface area contributed by atoms with E-state index in [4.69, 9.17) is 15.0 Å². The van der Waals surface area contributed by atoms with Gasteiger partial charge in [0, 0.05) is 44.5 Å². The van der Waals surface area contributed by atoms with Crippen LogP contribution < -0.4 is 4.90 Å². The van der Waals surface area contributed by atoms with Crippen LogP contribution in [0.15, 0.2) is 261 Å². The van der Waals surface area contributed by atoms with Crippen molar-refractivity contribution in [3.63, 3.8) is 0 Å². The summed E-state index contributed by atoms with van der Waals surface area (Å²) in [6.45, 7) is 0. The Kier molecular flexibility index (Phi) is 10.5. The van der Waals surface area contributed by atoms with Crippen molar-refractivity contribution in [2.75, 3.05) is 4.90 Å². The van der Waals surface area contributed by atoms with Gasteiger partial charge < -0.3 is 9.47 Å². The lowest BCUT2D eigenvalue weighted by Crippen LogP contribution is -2.12. The molecule has 2 heterocycles. The molecule has 68 heavy (non-hydrogen) atoms. The minimum absolute atomic E-state index is 0.599. The van der Waals surface area contributed by atoms with Gasteiger partial charge >= 0.3 is 0 Å². The summed E-state index contributed by atoms with van der Waals surface area (Å²) >= 11 is 0. The number of benzene rings is 10. The molecule has 0 aliphatic rings. The van der Waals surface area contributed by atoms with Crippen LogP contribution in [-0.4, -0.2) is 19.5 Å². The number of aromatic nitrogens is 4. The van der Waals surface area contributed by atoms with Gasteiger partial charge in [-0.05, 0) is 94.0 Å². The zero-order valence-electron chi connectivity index (χ0n) is 37.1.